The van der Waals surface area contributed by atoms with Gasteiger partial charge in [0.05, 0.1) is 6.10 Å². The van der Waals surface area contributed by atoms with Gasteiger partial charge in [-0.15, -0.1) is 0 Å². The Bertz CT molecular complexity index is 399. The summed E-state index contributed by atoms with van der Waals surface area (Å²) in [6, 6.07) is 8.26. The zero-order valence-electron chi connectivity index (χ0n) is 12.5. The number of hydrogen-bond donors (Lipinski definition) is 1. The predicted molar refractivity (Wildman–Crippen MR) is 81.5 cm³/mol. The lowest BCUT2D eigenvalue weighted by Crippen LogP contribution is -2.56. The first-order valence-electron chi connectivity index (χ1n) is 7.64. The maximum Gasteiger partial charge on any atom is 0.0781 e. The molecule has 19 heavy (non-hydrogen) atoms. The minimum absolute atomic E-state index is 0.386. The second kappa shape index (κ2) is 5.96. The Labute approximate surface area is 117 Å². The first kappa shape index (κ1) is 14.4. The summed E-state index contributed by atoms with van der Waals surface area (Å²) in [5, 5.41) is 9.88. The summed E-state index contributed by atoms with van der Waals surface area (Å²) in [7, 11) is 0. The normalized spacial score (nSPS) is 19.1. The van der Waals surface area contributed by atoms with Crippen LogP contribution in [0.25, 0.3) is 0 Å². The molecule has 1 aliphatic heterocycles. The summed E-state index contributed by atoms with van der Waals surface area (Å²) in [6.07, 6.45) is 4.81. The van der Waals surface area contributed by atoms with Crippen molar-refractivity contribution in [3.05, 3.63) is 29.8 Å². The van der Waals surface area contributed by atoms with Crippen molar-refractivity contribution < 1.29 is 5.11 Å². The summed E-state index contributed by atoms with van der Waals surface area (Å²) < 4.78 is 0. The summed E-state index contributed by atoms with van der Waals surface area (Å²) in [5.41, 5.74) is 2.80. The SMILES string of the molecule is CCCC1(CCC)CN(c2ccccc2C(C)O)C1. The van der Waals surface area contributed by atoms with Crippen molar-refractivity contribution in [2.45, 2.75) is 52.6 Å². The number of aliphatic hydroxyl groups excluding tert-OH is 1. The Morgan fingerprint density at radius 2 is 1.74 bits per heavy atom. The van der Waals surface area contributed by atoms with Gasteiger partial charge in [0.15, 0.2) is 0 Å². The van der Waals surface area contributed by atoms with E-state index in [9.17, 15) is 5.11 Å². The van der Waals surface area contributed by atoms with Crippen molar-refractivity contribution in [2.75, 3.05) is 18.0 Å². The van der Waals surface area contributed by atoms with E-state index in [-0.39, 0.29) is 6.10 Å². The van der Waals surface area contributed by atoms with Crippen LogP contribution in [0.1, 0.15) is 58.1 Å². The Kier molecular flexibility index (Phi) is 4.51. The fourth-order valence-corrected chi connectivity index (χ4v) is 3.56. The van der Waals surface area contributed by atoms with Gasteiger partial charge in [-0.2, -0.15) is 0 Å². The van der Waals surface area contributed by atoms with E-state index in [0.717, 1.165) is 18.7 Å². The maximum absolute atomic E-state index is 9.88. The number of benzene rings is 1. The topological polar surface area (TPSA) is 23.5 Å². The van der Waals surface area contributed by atoms with E-state index in [1.165, 1.54) is 31.4 Å². The first-order chi connectivity index (χ1) is 9.12. The lowest BCUT2D eigenvalue weighted by atomic mass is 9.72. The van der Waals surface area contributed by atoms with Gasteiger partial charge in [-0.25, -0.2) is 0 Å². The molecule has 1 unspecified atom stereocenters. The molecular formula is C17H27NO. The fourth-order valence-electron chi connectivity index (χ4n) is 3.56. The molecular weight excluding hydrogens is 234 g/mol. The molecule has 0 radical (unpaired) electrons. The molecule has 2 nitrogen and oxygen atoms in total. The third-order valence-electron chi connectivity index (χ3n) is 4.34. The molecule has 1 saturated heterocycles. The smallest absolute Gasteiger partial charge is 0.0781 e. The minimum atomic E-state index is -0.386. The zero-order valence-corrected chi connectivity index (χ0v) is 12.5. The highest BCUT2D eigenvalue weighted by atomic mass is 16.3. The number of para-hydroxylation sites is 1. The molecule has 2 heteroatoms. The van der Waals surface area contributed by atoms with Crippen LogP contribution in [-0.4, -0.2) is 18.2 Å². The third kappa shape index (κ3) is 2.94. The molecule has 0 aliphatic carbocycles. The molecule has 0 amide bonds. The zero-order chi connectivity index (χ0) is 13.9. The molecule has 1 aromatic carbocycles. The van der Waals surface area contributed by atoms with Gasteiger partial charge in [-0.1, -0.05) is 44.9 Å². The van der Waals surface area contributed by atoms with E-state index >= 15 is 0 Å². The second-order valence-electron chi connectivity index (χ2n) is 6.09. The number of anilines is 1. The largest absolute Gasteiger partial charge is 0.389 e. The number of rotatable bonds is 6. The van der Waals surface area contributed by atoms with Crippen molar-refractivity contribution >= 4 is 5.69 Å². The Hall–Kier alpha value is -1.02. The van der Waals surface area contributed by atoms with Crippen LogP contribution < -0.4 is 4.90 Å². The summed E-state index contributed by atoms with van der Waals surface area (Å²) in [5.74, 6) is 0. The van der Waals surface area contributed by atoms with Crippen LogP contribution in [-0.2, 0) is 0 Å². The maximum atomic E-state index is 9.88. The van der Waals surface area contributed by atoms with Crippen LogP contribution in [0.3, 0.4) is 0 Å². The highest BCUT2D eigenvalue weighted by molar-refractivity contribution is 5.57. The van der Waals surface area contributed by atoms with Crippen molar-refractivity contribution in [3.8, 4) is 0 Å². The first-order valence-corrected chi connectivity index (χ1v) is 7.64. The Morgan fingerprint density at radius 1 is 1.16 bits per heavy atom. The van der Waals surface area contributed by atoms with Gasteiger partial charge in [0.1, 0.15) is 0 Å². The Morgan fingerprint density at radius 3 is 2.26 bits per heavy atom. The fraction of sp³-hybridized carbons (Fsp3) is 0.647. The van der Waals surface area contributed by atoms with Gasteiger partial charge in [0, 0.05) is 29.8 Å². The molecule has 1 N–H and O–H groups in total. The predicted octanol–water partition coefficient (Wildman–Crippen LogP) is 4.15. The Balaban J connectivity index is 2.11. The monoisotopic (exact) mass is 261 g/mol. The molecule has 1 atom stereocenters. The molecule has 0 saturated carbocycles. The van der Waals surface area contributed by atoms with E-state index in [1.54, 1.807) is 0 Å². The van der Waals surface area contributed by atoms with Gasteiger partial charge in [-0.05, 0) is 25.8 Å². The van der Waals surface area contributed by atoms with E-state index in [0.29, 0.717) is 5.41 Å². The van der Waals surface area contributed by atoms with E-state index < -0.39 is 0 Å². The van der Waals surface area contributed by atoms with Crippen LogP contribution in [0.15, 0.2) is 24.3 Å². The van der Waals surface area contributed by atoms with Crippen molar-refractivity contribution in [2.24, 2.45) is 5.41 Å². The molecule has 1 heterocycles. The van der Waals surface area contributed by atoms with Crippen molar-refractivity contribution in [1.29, 1.82) is 0 Å². The molecule has 1 fully saturated rings. The summed E-state index contributed by atoms with van der Waals surface area (Å²) in [4.78, 5) is 2.44. The van der Waals surface area contributed by atoms with Gasteiger partial charge >= 0.3 is 0 Å². The van der Waals surface area contributed by atoms with Crippen molar-refractivity contribution in [1.82, 2.24) is 0 Å². The molecule has 0 spiro atoms. The number of aliphatic hydroxyl groups is 1. The second-order valence-corrected chi connectivity index (χ2v) is 6.09. The van der Waals surface area contributed by atoms with Crippen LogP contribution in [0.2, 0.25) is 0 Å². The van der Waals surface area contributed by atoms with Crippen molar-refractivity contribution in [3.63, 3.8) is 0 Å². The van der Waals surface area contributed by atoms with Gasteiger partial charge in [-0.3, -0.25) is 0 Å². The molecule has 106 valence electrons. The number of hydrogen-bond acceptors (Lipinski definition) is 2. The average molecular weight is 261 g/mol. The minimum Gasteiger partial charge on any atom is -0.389 e. The van der Waals surface area contributed by atoms with Crippen LogP contribution >= 0.6 is 0 Å². The molecule has 1 aromatic rings. The summed E-state index contributed by atoms with van der Waals surface area (Å²) >= 11 is 0. The third-order valence-corrected chi connectivity index (χ3v) is 4.34. The van der Waals surface area contributed by atoms with Crippen LogP contribution in [0.5, 0.6) is 0 Å². The van der Waals surface area contributed by atoms with Crippen LogP contribution in [0.4, 0.5) is 5.69 Å². The average Bonchev–Trinajstić information content (AvgIpc) is 2.35. The standard InChI is InChI=1S/C17H27NO/c1-4-10-17(11-5-2)12-18(13-17)16-9-7-6-8-15(16)14(3)19/h6-9,14,19H,4-5,10-13H2,1-3H3. The van der Waals surface area contributed by atoms with E-state index in [4.69, 9.17) is 0 Å². The molecule has 0 bridgehead atoms. The number of nitrogens with zero attached hydrogens (tertiary/aromatic N) is 1. The van der Waals surface area contributed by atoms with Crippen LogP contribution in [0, 0.1) is 5.41 Å². The van der Waals surface area contributed by atoms with E-state index in [2.05, 4.69) is 30.9 Å². The lowest BCUT2D eigenvalue weighted by Gasteiger charge is -2.52. The molecule has 2 rings (SSSR count). The van der Waals surface area contributed by atoms with Gasteiger partial charge in [0.25, 0.3) is 0 Å². The molecule has 1 aliphatic rings. The molecule has 0 aromatic heterocycles. The quantitative estimate of drug-likeness (QED) is 0.831. The van der Waals surface area contributed by atoms with Gasteiger partial charge < -0.3 is 10.0 Å². The van der Waals surface area contributed by atoms with Gasteiger partial charge in [0.2, 0.25) is 0 Å². The lowest BCUT2D eigenvalue weighted by molar-refractivity contribution is 0.169. The highest BCUT2D eigenvalue weighted by Gasteiger charge is 2.41. The highest BCUT2D eigenvalue weighted by Crippen LogP contribution is 2.43. The summed E-state index contributed by atoms with van der Waals surface area (Å²) in [6.45, 7) is 8.72. The van der Waals surface area contributed by atoms with E-state index in [1.807, 2.05) is 19.1 Å².